The van der Waals surface area contributed by atoms with E-state index in [1.54, 1.807) is 11.2 Å². The molecule has 1 aromatic heterocycles. The Bertz CT molecular complexity index is 555. The first kappa shape index (κ1) is 14.7. The van der Waals surface area contributed by atoms with Gasteiger partial charge in [-0.05, 0) is 20.4 Å². The van der Waals surface area contributed by atoms with Crippen LogP contribution in [0.2, 0.25) is 0 Å². The standard InChI is InChI=1S/C11H20N4O2S2/c1-4-9-7-15(6-5-14(9)3)19(16,17)10-8(2)13-11(12)18-10/h9H,4-7H2,1-3H3,(H2,12,13). The number of likely N-dealkylation sites (N-methyl/N-ethyl adjacent to an activating group) is 1. The zero-order chi connectivity index (χ0) is 14.2. The molecule has 0 amide bonds. The lowest BCUT2D eigenvalue weighted by Crippen LogP contribution is -2.52. The highest BCUT2D eigenvalue weighted by Crippen LogP contribution is 2.29. The van der Waals surface area contributed by atoms with Crippen LogP contribution in [0.4, 0.5) is 5.13 Å². The average molecular weight is 304 g/mol. The topological polar surface area (TPSA) is 79.5 Å². The zero-order valence-electron chi connectivity index (χ0n) is 11.5. The van der Waals surface area contributed by atoms with Gasteiger partial charge in [0.25, 0.3) is 10.0 Å². The molecular formula is C11H20N4O2S2. The highest BCUT2D eigenvalue weighted by molar-refractivity contribution is 7.91. The Morgan fingerprint density at radius 2 is 2.16 bits per heavy atom. The van der Waals surface area contributed by atoms with Crippen LogP contribution in [0.15, 0.2) is 4.21 Å². The van der Waals surface area contributed by atoms with E-state index in [0.29, 0.717) is 23.9 Å². The van der Waals surface area contributed by atoms with Crippen LogP contribution in [0.25, 0.3) is 0 Å². The van der Waals surface area contributed by atoms with Crippen LogP contribution in [0, 0.1) is 6.92 Å². The van der Waals surface area contributed by atoms with Crippen LogP contribution in [-0.2, 0) is 10.0 Å². The van der Waals surface area contributed by atoms with E-state index in [4.69, 9.17) is 5.73 Å². The van der Waals surface area contributed by atoms with Gasteiger partial charge in [0.05, 0.1) is 5.69 Å². The van der Waals surface area contributed by atoms with E-state index in [2.05, 4.69) is 16.8 Å². The molecule has 0 radical (unpaired) electrons. The Hall–Kier alpha value is -0.700. The minimum absolute atomic E-state index is 0.272. The summed E-state index contributed by atoms with van der Waals surface area (Å²) in [6.45, 7) is 5.57. The predicted octanol–water partition coefficient (Wildman–Crippen LogP) is 0.748. The number of thiazole rings is 1. The molecule has 1 aromatic rings. The number of nitrogens with zero attached hydrogens (tertiary/aromatic N) is 3. The summed E-state index contributed by atoms with van der Waals surface area (Å²) in [7, 11) is -1.42. The Morgan fingerprint density at radius 1 is 1.47 bits per heavy atom. The Kier molecular flexibility index (Phi) is 4.14. The number of nitrogen functional groups attached to an aromatic ring is 1. The second kappa shape index (κ2) is 5.35. The van der Waals surface area contributed by atoms with Crippen LogP contribution in [0.3, 0.4) is 0 Å². The largest absolute Gasteiger partial charge is 0.375 e. The SMILES string of the molecule is CCC1CN(S(=O)(=O)c2sc(N)nc2C)CCN1C. The Labute approximate surface area is 118 Å². The van der Waals surface area contributed by atoms with Crippen LogP contribution in [0.5, 0.6) is 0 Å². The van der Waals surface area contributed by atoms with Crippen molar-refractivity contribution in [2.75, 3.05) is 32.4 Å². The van der Waals surface area contributed by atoms with Gasteiger partial charge in [0.2, 0.25) is 0 Å². The van der Waals surface area contributed by atoms with Crippen molar-refractivity contribution in [3.05, 3.63) is 5.69 Å². The molecule has 0 aliphatic carbocycles. The average Bonchev–Trinajstić information content (AvgIpc) is 2.69. The van der Waals surface area contributed by atoms with Crippen molar-refractivity contribution in [3.8, 4) is 0 Å². The molecule has 6 nitrogen and oxygen atoms in total. The van der Waals surface area contributed by atoms with E-state index in [-0.39, 0.29) is 10.3 Å². The van der Waals surface area contributed by atoms with Gasteiger partial charge >= 0.3 is 0 Å². The van der Waals surface area contributed by atoms with Gasteiger partial charge in [-0.25, -0.2) is 13.4 Å². The number of aryl methyl sites for hydroxylation is 1. The van der Waals surface area contributed by atoms with Crippen molar-refractivity contribution in [2.45, 2.75) is 30.5 Å². The molecule has 0 saturated carbocycles. The number of hydrogen-bond acceptors (Lipinski definition) is 6. The Balaban J connectivity index is 2.28. The van der Waals surface area contributed by atoms with Gasteiger partial charge in [-0.3, -0.25) is 0 Å². The van der Waals surface area contributed by atoms with E-state index < -0.39 is 10.0 Å². The predicted molar refractivity (Wildman–Crippen MR) is 76.7 cm³/mol. The molecule has 2 N–H and O–H groups in total. The molecule has 1 atom stereocenters. The lowest BCUT2D eigenvalue weighted by Gasteiger charge is -2.38. The third-order valence-electron chi connectivity index (χ3n) is 3.56. The molecule has 0 bridgehead atoms. The molecule has 1 saturated heterocycles. The lowest BCUT2D eigenvalue weighted by atomic mass is 10.1. The third kappa shape index (κ3) is 2.76. The fourth-order valence-electron chi connectivity index (χ4n) is 2.34. The van der Waals surface area contributed by atoms with Gasteiger partial charge in [-0.1, -0.05) is 18.3 Å². The maximum absolute atomic E-state index is 12.6. The van der Waals surface area contributed by atoms with Gasteiger partial charge in [0.1, 0.15) is 0 Å². The highest BCUT2D eigenvalue weighted by atomic mass is 32.2. The van der Waals surface area contributed by atoms with Gasteiger partial charge in [0.15, 0.2) is 9.34 Å². The number of rotatable bonds is 3. The van der Waals surface area contributed by atoms with Crippen molar-refractivity contribution >= 4 is 26.5 Å². The summed E-state index contributed by atoms with van der Waals surface area (Å²) in [4.78, 5) is 6.21. The molecule has 1 fully saturated rings. The number of hydrogen-bond donors (Lipinski definition) is 1. The van der Waals surface area contributed by atoms with E-state index in [1.807, 2.05) is 7.05 Å². The third-order valence-corrected chi connectivity index (χ3v) is 6.99. The summed E-state index contributed by atoms with van der Waals surface area (Å²) in [5.74, 6) is 0. The fraction of sp³-hybridized carbons (Fsp3) is 0.727. The van der Waals surface area contributed by atoms with Gasteiger partial charge in [-0.15, -0.1) is 0 Å². The zero-order valence-corrected chi connectivity index (χ0v) is 13.1. The van der Waals surface area contributed by atoms with Gasteiger partial charge in [-0.2, -0.15) is 4.31 Å². The smallest absolute Gasteiger partial charge is 0.254 e. The summed E-state index contributed by atoms with van der Waals surface area (Å²) < 4.78 is 27.1. The first-order chi connectivity index (χ1) is 8.86. The normalized spacial score (nSPS) is 22.8. The molecule has 2 rings (SSSR count). The summed E-state index contributed by atoms with van der Waals surface area (Å²) in [5.41, 5.74) is 6.09. The van der Waals surface area contributed by atoms with Crippen molar-refractivity contribution in [2.24, 2.45) is 0 Å². The molecular weight excluding hydrogens is 284 g/mol. The first-order valence-electron chi connectivity index (χ1n) is 6.29. The molecule has 108 valence electrons. The second-order valence-corrected chi connectivity index (χ2v) is 7.99. The van der Waals surface area contributed by atoms with E-state index in [0.717, 1.165) is 24.3 Å². The van der Waals surface area contributed by atoms with Gasteiger partial charge in [0, 0.05) is 25.7 Å². The molecule has 0 aromatic carbocycles. The summed E-state index contributed by atoms with van der Waals surface area (Å²) in [5, 5.41) is 0.303. The number of nitrogens with two attached hydrogens (primary N) is 1. The summed E-state index contributed by atoms with van der Waals surface area (Å²) in [6.07, 6.45) is 0.937. The molecule has 1 aliphatic heterocycles. The maximum atomic E-state index is 12.6. The van der Waals surface area contributed by atoms with Crippen molar-refractivity contribution in [3.63, 3.8) is 0 Å². The molecule has 1 aliphatic rings. The van der Waals surface area contributed by atoms with Crippen LogP contribution in [-0.4, -0.2) is 55.3 Å². The minimum Gasteiger partial charge on any atom is -0.375 e. The van der Waals surface area contributed by atoms with Crippen LogP contribution >= 0.6 is 11.3 Å². The number of sulfonamides is 1. The van der Waals surface area contributed by atoms with E-state index >= 15 is 0 Å². The molecule has 8 heteroatoms. The van der Waals surface area contributed by atoms with E-state index in [9.17, 15) is 8.42 Å². The Morgan fingerprint density at radius 3 is 2.68 bits per heavy atom. The summed E-state index contributed by atoms with van der Waals surface area (Å²) in [6, 6.07) is 0.272. The van der Waals surface area contributed by atoms with Crippen molar-refractivity contribution in [1.29, 1.82) is 0 Å². The minimum atomic E-state index is -3.46. The van der Waals surface area contributed by atoms with Crippen LogP contribution in [0.1, 0.15) is 19.0 Å². The summed E-state index contributed by atoms with van der Waals surface area (Å²) >= 11 is 1.05. The number of aromatic nitrogens is 1. The first-order valence-corrected chi connectivity index (χ1v) is 8.55. The quantitative estimate of drug-likeness (QED) is 0.891. The molecule has 2 heterocycles. The van der Waals surface area contributed by atoms with E-state index in [1.165, 1.54) is 0 Å². The highest BCUT2D eigenvalue weighted by Gasteiger charge is 2.34. The molecule has 1 unspecified atom stereocenters. The lowest BCUT2D eigenvalue weighted by molar-refractivity contribution is 0.144. The van der Waals surface area contributed by atoms with Crippen molar-refractivity contribution in [1.82, 2.24) is 14.2 Å². The number of piperazine rings is 1. The second-order valence-electron chi connectivity index (χ2n) is 4.83. The molecule has 19 heavy (non-hydrogen) atoms. The van der Waals surface area contributed by atoms with Crippen molar-refractivity contribution < 1.29 is 8.42 Å². The maximum Gasteiger partial charge on any atom is 0.254 e. The van der Waals surface area contributed by atoms with Crippen LogP contribution < -0.4 is 5.73 Å². The fourth-order valence-corrected chi connectivity index (χ4v) is 5.24. The monoisotopic (exact) mass is 304 g/mol. The number of anilines is 1. The van der Waals surface area contributed by atoms with Gasteiger partial charge < -0.3 is 10.6 Å². The molecule has 0 spiro atoms.